The standard InChI is InChI=1S/C8H16N2O3/c1-6(11)9-7(8(12)13)4-5-10(2)3/h7H,4-5H2,1-3H3,(H,9,11)(H,12,13)/t7-/m0/s1. The molecule has 0 aromatic carbocycles. The van der Waals surface area contributed by atoms with Gasteiger partial charge in [-0.3, -0.25) is 4.79 Å². The lowest BCUT2D eigenvalue weighted by atomic mass is 10.2. The first-order valence-corrected chi connectivity index (χ1v) is 4.08. The average Bonchev–Trinajstić information content (AvgIpc) is 1.96. The molecule has 0 unspecified atom stereocenters. The Morgan fingerprint density at radius 3 is 2.31 bits per heavy atom. The number of carbonyl (C=O) groups is 2. The zero-order chi connectivity index (χ0) is 10.4. The number of hydrogen-bond donors (Lipinski definition) is 2. The first-order valence-electron chi connectivity index (χ1n) is 4.08. The minimum absolute atomic E-state index is 0.314. The molecule has 0 aliphatic heterocycles. The van der Waals surface area contributed by atoms with Gasteiger partial charge in [0.1, 0.15) is 6.04 Å². The Kier molecular flexibility index (Phi) is 5.06. The van der Waals surface area contributed by atoms with Crippen LogP contribution in [0.3, 0.4) is 0 Å². The summed E-state index contributed by atoms with van der Waals surface area (Å²) in [4.78, 5) is 23.1. The van der Waals surface area contributed by atoms with Gasteiger partial charge in [0.2, 0.25) is 5.91 Å². The molecule has 5 nitrogen and oxygen atoms in total. The molecule has 0 bridgehead atoms. The van der Waals surface area contributed by atoms with Gasteiger partial charge >= 0.3 is 5.97 Å². The molecule has 1 amide bonds. The van der Waals surface area contributed by atoms with Crippen molar-refractivity contribution in [3.63, 3.8) is 0 Å². The number of nitrogens with zero attached hydrogens (tertiary/aromatic N) is 1. The molecule has 0 aliphatic rings. The molecule has 0 spiro atoms. The van der Waals surface area contributed by atoms with E-state index in [1.807, 2.05) is 19.0 Å². The van der Waals surface area contributed by atoms with Crippen LogP contribution in [0.5, 0.6) is 0 Å². The molecule has 0 aromatic heterocycles. The van der Waals surface area contributed by atoms with Crippen molar-refractivity contribution < 1.29 is 14.7 Å². The third-order valence-electron chi connectivity index (χ3n) is 1.54. The third kappa shape index (κ3) is 6.10. The number of hydrogen-bond acceptors (Lipinski definition) is 3. The van der Waals surface area contributed by atoms with Crippen LogP contribution in [0.2, 0.25) is 0 Å². The van der Waals surface area contributed by atoms with E-state index >= 15 is 0 Å². The second kappa shape index (κ2) is 5.53. The number of aliphatic carboxylic acids is 1. The summed E-state index contributed by atoms with van der Waals surface area (Å²) in [6.07, 6.45) is 0.419. The first kappa shape index (κ1) is 11.9. The van der Waals surface area contributed by atoms with Gasteiger partial charge in [-0.25, -0.2) is 4.79 Å². The Labute approximate surface area is 77.7 Å². The highest BCUT2D eigenvalue weighted by Gasteiger charge is 2.17. The second-order valence-corrected chi connectivity index (χ2v) is 3.18. The average molecular weight is 188 g/mol. The number of carboxylic acids is 1. The number of carbonyl (C=O) groups excluding carboxylic acids is 1. The Hall–Kier alpha value is -1.10. The molecule has 0 saturated carbocycles. The van der Waals surface area contributed by atoms with Crippen molar-refractivity contribution in [2.75, 3.05) is 20.6 Å². The molecule has 0 fully saturated rings. The van der Waals surface area contributed by atoms with E-state index in [0.717, 1.165) is 0 Å². The molecule has 0 aromatic rings. The van der Waals surface area contributed by atoms with Crippen molar-refractivity contribution in [1.29, 1.82) is 0 Å². The van der Waals surface area contributed by atoms with E-state index in [1.165, 1.54) is 6.92 Å². The molecular formula is C8H16N2O3. The largest absolute Gasteiger partial charge is 0.480 e. The normalized spacial score (nSPS) is 12.6. The maximum Gasteiger partial charge on any atom is 0.326 e. The summed E-state index contributed by atoms with van der Waals surface area (Å²) in [6.45, 7) is 1.95. The van der Waals surface area contributed by atoms with Gasteiger partial charge in [0, 0.05) is 13.5 Å². The molecule has 5 heteroatoms. The summed E-state index contributed by atoms with van der Waals surface area (Å²) in [6, 6.07) is -0.778. The lowest BCUT2D eigenvalue weighted by Crippen LogP contribution is -2.41. The monoisotopic (exact) mass is 188 g/mol. The predicted octanol–water partition coefficient (Wildman–Crippen LogP) is -0.473. The lowest BCUT2D eigenvalue weighted by molar-refractivity contribution is -0.141. The van der Waals surface area contributed by atoms with E-state index < -0.39 is 12.0 Å². The Bertz CT molecular complexity index is 192. The summed E-state index contributed by atoms with van der Waals surface area (Å²) >= 11 is 0. The van der Waals surface area contributed by atoms with Gasteiger partial charge in [-0.05, 0) is 20.5 Å². The van der Waals surface area contributed by atoms with Crippen molar-refractivity contribution in [3.8, 4) is 0 Å². The predicted molar refractivity (Wildman–Crippen MR) is 48.4 cm³/mol. The number of carboxylic acid groups (broad SMARTS) is 1. The van der Waals surface area contributed by atoms with Crippen molar-refractivity contribution in [2.45, 2.75) is 19.4 Å². The van der Waals surface area contributed by atoms with E-state index in [-0.39, 0.29) is 5.91 Å². The number of rotatable bonds is 5. The van der Waals surface area contributed by atoms with E-state index in [1.54, 1.807) is 0 Å². The minimum atomic E-state index is -0.989. The van der Waals surface area contributed by atoms with E-state index in [4.69, 9.17) is 5.11 Å². The van der Waals surface area contributed by atoms with Crippen LogP contribution in [0.15, 0.2) is 0 Å². The smallest absolute Gasteiger partial charge is 0.326 e. The molecule has 0 radical (unpaired) electrons. The van der Waals surface area contributed by atoms with Gasteiger partial charge in [0.05, 0.1) is 0 Å². The second-order valence-electron chi connectivity index (χ2n) is 3.18. The molecule has 0 saturated heterocycles. The van der Waals surface area contributed by atoms with Crippen LogP contribution in [0, 0.1) is 0 Å². The zero-order valence-corrected chi connectivity index (χ0v) is 8.20. The SMILES string of the molecule is CC(=O)N[C@@H](CCN(C)C)C(=O)O. The Balaban J connectivity index is 3.95. The molecule has 0 aliphatic carbocycles. The maximum absolute atomic E-state index is 10.6. The van der Waals surface area contributed by atoms with Crippen molar-refractivity contribution in [3.05, 3.63) is 0 Å². The molecule has 0 rings (SSSR count). The summed E-state index contributed by atoms with van der Waals surface area (Å²) in [5.41, 5.74) is 0. The van der Waals surface area contributed by atoms with Crippen LogP contribution >= 0.6 is 0 Å². The van der Waals surface area contributed by atoms with Gasteiger partial charge in [-0.1, -0.05) is 0 Å². The molecule has 0 heterocycles. The first-order chi connectivity index (χ1) is 5.93. The van der Waals surface area contributed by atoms with Gasteiger partial charge in [-0.15, -0.1) is 0 Å². The van der Waals surface area contributed by atoms with Gasteiger partial charge in [0.15, 0.2) is 0 Å². The van der Waals surface area contributed by atoms with Gasteiger partial charge in [-0.2, -0.15) is 0 Å². The van der Waals surface area contributed by atoms with Gasteiger partial charge in [0.25, 0.3) is 0 Å². The van der Waals surface area contributed by atoms with E-state index in [9.17, 15) is 9.59 Å². The lowest BCUT2D eigenvalue weighted by Gasteiger charge is -2.15. The van der Waals surface area contributed by atoms with E-state index in [0.29, 0.717) is 13.0 Å². The van der Waals surface area contributed by atoms with Crippen LogP contribution in [-0.2, 0) is 9.59 Å². The van der Waals surface area contributed by atoms with Crippen LogP contribution in [0.4, 0.5) is 0 Å². The number of amides is 1. The Morgan fingerprint density at radius 1 is 1.46 bits per heavy atom. The summed E-state index contributed by atoms with van der Waals surface area (Å²) in [7, 11) is 3.71. The molecule has 13 heavy (non-hydrogen) atoms. The van der Waals surface area contributed by atoms with Crippen LogP contribution in [0.1, 0.15) is 13.3 Å². The molecule has 76 valence electrons. The zero-order valence-electron chi connectivity index (χ0n) is 8.20. The highest BCUT2D eigenvalue weighted by Crippen LogP contribution is 1.93. The third-order valence-corrected chi connectivity index (χ3v) is 1.54. The summed E-state index contributed by atoms with van der Waals surface area (Å²) in [5.74, 6) is -1.30. The summed E-state index contributed by atoms with van der Waals surface area (Å²) in [5, 5.41) is 11.1. The van der Waals surface area contributed by atoms with Crippen LogP contribution in [-0.4, -0.2) is 48.6 Å². The summed E-state index contributed by atoms with van der Waals surface area (Å²) < 4.78 is 0. The highest BCUT2D eigenvalue weighted by atomic mass is 16.4. The topological polar surface area (TPSA) is 69.6 Å². The Morgan fingerprint density at radius 2 is 2.00 bits per heavy atom. The van der Waals surface area contributed by atoms with Gasteiger partial charge < -0.3 is 15.3 Å². The van der Waals surface area contributed by atoms with Crippen LogP contribution in [0.25, 0.3) is 0 Å². The molecular weight excluding hydrogens is 172 g/mol. The quantitative estimate of drug-likeness (QED) is 0.612. The van der Waals surface area contributed by atoms with Crippen molar-refractivity contribution in [1.82, 2.24) is 10.2 Å². The van der Waals surface area contributed by atoms with Crippen molar-refractivity contribution >= 4 is 11.9 Å². The molecule has 1 atom stereocenters. The minimum Gasteiger partial charge on any atom is -0.480 e. The fourth-order valence-corrected chi connectivity index (χ4v) is 0.890. The van der Waals surface area contributed by atoms with Crippen LogP contribution < -0.4 is 5.32 Å². The van der Waals surface area contributed by atoms with Crippen molar-refractivity contribution in [2.24, 2.45) is 0 Å². The fourth-order valence-electron chi connectivity index (χ4n) is 0.890. The number of nitrogens with one attached hydrogen (secondary N) is 1. The molecule has 2 N–H and O–H groups in total. The van der Waals surface area contributed by atoms with E-state index in [2.05, 4.69) is 5.32 Å². The fraction of sp³-hybridized carbons (Fsp3) is 0.750. The highest BCUT2D eigenvalue weighted by molar-refractivity contribution is 5.81. The maximum atomic E-state index is 10.6.